The molecular weight excluding hydrogens is 166 g/mol. The third kappa shape index (κ3) is 1.92. The molecule has 1 unspecified atom stereocenters. The molecule has 0 heterocycles. The minimum absolute atomic E-state index is 0.110. The van der Waals surface area contributed by atoms with Crippen LogP contribution >= 0.6 is 0 Å². The normalized spacial score (nSPS) is 12.8. The Labute approximate surface area is 77.8 Å². The van der Waals surface area contributed by atoms with Crippen molar-refractivity contribution in [3.8, 4) is 11.5 Å². The van der Waals surface area contributed by atoms with Crippen LogP contribution in [0.1, 0.15) is 24.0 Å². The summed E-state index contributed by atoms with van der Waals surface area (Å²) >= 11 is 0. The highest BCUT2D eigenvalue weighted by Gasteiger charge is 2.10. The minimum atomic E-state index is 0.110. The Bertz CT molecular complexity index is 310. The van der Waals surface area contributed by atoms with Gasteiger partial charge in [-0.25, -0.2) is 0 Å². The molecule has 0 aliphatic heterocycles. The molecule has 0 saturated heterocycles. The van der Waals surface area contributed by atoms with Gasteiger partial charge < -0.3 is 15.9 Å². The van der Waals surface area contributed by atoms with Crippen LogP contribution in [0.5, 0.6) is 11.5 Å². The summed E-state index contributed by atoms with van der Waals surface area (Å²) < 4.78 is 0. The van der Waals surface area contributed by atoms with Crippen LogP contribution in [-0.2, 0) is 0 Å². The maximum atomic E-state index is 9.50. The summed E-state index contributed by atoms with van der Waals surface area (Å²) in [5.74, 6) is 0.339. The molecule has 0 saturated carbocycles. The van der Waals surface area contributed by atoms with Gasteiger partial charge in [0.05, 0.1) is 0 Å². The minimum Gasteiger partial charge on any atom is -0.508 e. The number of benzene rings is 1. The van der Waals surface area contributed by atoms with Gasteiger partial charge in [-0.3, -0.25) is 0 Å². The fourth-order valence-electron chi connectivity index (χ4n) is 1.23. The summed E-state index contributed by atoms with van der Waals surface area (Å²) in [6, 6.07) is 3.12. The molecule has 0 aliphatic carbocycles. The molecule has 3 heteroatoms. The van der Waals surface area contributed by atoms with E-state index in [-0.39, 0.29) is 17.4 Å². The molecule has 0 amide bonds. The summed E-state index contributed by atoms with van der Waals surface area (Å²) in [6.07, 6.45) is 0. The molecule has 1 atom stereocenters. The lowest BCUT2D eigenvalue weighted by Crippen LogP contribution is -2.09. The van der Waals surface area contributed by atoms with Gasteiger partial charge in [0.15, 0.2) is 0 Å². The molecule has 72 valence electrons. The SMILES string of the molecule is Cc1cc(C(C)CN)c(O)cc1O. The van der Waals surface area contributed by atoms with Gasteiger partial charge >= 0.3 is 0 Å². The van der Waals surface area contributed by atoms with E-state index < -0.39 is 0 Å². The lowest BCUT2D eigenvalue weighted by molar-refractivity contribution is 0.440. The van der Waals surface area contributed by atoms with Crippen molar-refractivity contribution < 1.29 is 10.2 Å². The van der Waals surface area contributed by atoms with Gasteiger partial charge in [0, 0.05) is 6.07 Å². The van der Waals surface area contributed by atoms with Crippen LogP contribution in [0.3, 0.4) is 0 Å². The number of phenols is 2. The molecule has 4 N–H and O–H groups in total. The number of phenolic OH excluding ortho intramolecular Hbond substituents is 2. The highest BCUT2D eigenvalue weighted by molar-refractivity contribution is 5.45. The average Bonchev–Trinajstić information content (AvgIpc) is 2.10. The molecule has 0 bridgehead atoms. The maximum absolute atomic E-state index is 9.50. The van der Waals surface area contributed by atoms with Crippen LogP contribution in [-0.4, -0.2) is 16.8 Å². The predicted octanol–water partition coefficient (Wildman–Crippen LogP) is 1.47. The Morgan fingerprint density at radius 2 is 1.92 bits per heavy atom. The highest BCUT2D eigenvalue weighted by Crippen LogP contribution is 2.31. The van der Waals surface area contributed by atoms with Crippen LogP contribution in [0.2, 0.25) is 0 Å². The van der Waals surface area contributed by atoms with E-state index in [0.29, 0.717) is 6.54 Å². The van der Waals surface area contributed by atoms with Crippen molar-refractivity contribution >= 4 is 0 Å². The van der Waals surface area contributed by atoms with Gasteiger partial charge in [0.25, 0.3) is 0 Å². The first-order valence-corrected chi connectivity index (χ1v) is 4.28. The van der Waals surface area contributed by atoms with Crippen molar-refractivity contribution in [1.82, 2.24) is 0 Å². The topological polar surface area (TPSA) is 66.5 Å². The Morgan fingerprint density at radius 3 is 2.46 bits per heavy atom. The Kier molecular flexibility index (Phi) is 2.78. The van der Waals surface area contributed by atoms with E-state index >= 15 is 0 Å². The Hall–Kier alpha value is -1.22. The molecule has 0 radical (unpaired) electrons. The first kappa shape index (κ1) is 9.86. The van der Waals surface area contributed by atoms with E-state index in [1.807, 2.05) is 6.92 Å². The molecule has 1 aromatic rings. The average molecular weight is 181 g/mol. The molecular formula is C10H15NO2. The van der Waals surface area contributed by atoms with Crippen molar-refractivity contribution in [2.24, 2.45) is 5.73 Å². The number of aryl methyl sites for hydroxylation is 1. The van der Waals surface area contributed by atoms with Gasteiger partial charge in [0.2, 0.25) is 0 Å². The predicted molar refractivity (Wildman–Crippen MR) is 52.0 cm³/mol. The highest BCUT2D eigenvalue weighted by atomic mass is 16.3. The zero-order chi connectivity index (χ0) is 10.0. The maximum Gasteiger partial charge on any atom is 0.122 e. The number of hydrogen-bond acceptors (Lipinski definition) is 3. The Balaban J connectivity index is 3.15. The first-order chi connectivity index (χ1) is 6.06. The van der Waals surface area contributed by atoms with Crippen LogP contribution in [0.4, 0.5) is 0 Å². The third-order valence-corrected chi connectivity index (χ3v) is 2.23. The molecule has 0 spiro atoms. The largest absolute Gasteiger partial charge is 0.508 e. The molecule has 3 nitrogen and oxygen atoms in total. The molecule has 0 aliphatic rings. The number of hydrogen-bond donors (Lipinski definition) is 3. The number of aromatic hydroxyl groups is 2. The number of nitrogens with two attached hydrogens (primary N) is 1. The van der Waals surface area contributed by atoms with Gasteiger partial charge in [-0.15, -0.1) is 0 Å². The fourth-order valence-corrected chi connectivity index (χ4v) is 1.23. The van der Waals surface area contributed by atoms with Crippen molar-refractivity contribution in [2.75, 3.05) is 6.54 Å². The standard InChI is InChI=1S/C10H15NO2/c1-6-3-8(7(2)5-11)10(13)4-9(6)12/h3-4,7,12-13H,5,11H2,1-2H3. The van der Waals surface area contributed by atoms with Crippen LogP contribution in [0.25, 0.3) is 0 Å². The van der Waals surface area contributed by atoms with Crippen LogP contribution < -0.4 is 5.73 Å². The fraction of sp³-hybridized carbons (Fsp3) is 0.400. The second-order valence-corrected chi connectivity index (χ2v) is 3.33. The summed E-state index contributed by atoms with van der Waals surface area (Å²) in [7, 11) is 0. The molecule has 13 heavy (non-hydrogen) atoms. The van der Waals surface area contributed by atoms with E-state index in [2.05, 4.69) is 0 Å². The van der Waals surface area contributed by atoms with E-state index in [0.717, 1.165) is 11.1 Å². The van der Waals surface area contributed by atoms with E-state index in [9.17, 15) is 10.2 Å². The smallest absolute Gasteiger partial charge is 0.122 e. The lowest BCUT2D eigenvalue weighted by Gasteiger charge is -2.12. The second kappa shape index (κ2) is 3.66. The van der Waals surface area contributed by atoms with Crippen molar-refractivity contribution in [3.05, 3.63) is 23.3 Å². The molecule has 0 aromatic heterocycles. The van der Waals surface area contributed by atoms with Crippen LogP contribution in [0, 0.1) is 6.92 Å². The van der Waals surface area contributed by atoms with Crippen molar-refractivity contribution in [2.45, 2.75) is 19.8 Å². The Morgan fingerprint density at radius 1 is 1.31 bits per heavy atom. The van der Waals surface area contributed by atoms with Gasteiger partial charge in [-0.2, -0.15) is 0 Å². The van der Waals surface area contributed by atoms with Crippen LogP contribution in [0.15, 0.2) is 12.1 Å². The summed E-state index contributed by atoms with van der Waals surface area (Å²) in [6.45, 7) is 4.21. The molecule has 1 rings (SSSR count). The van der Waals surface area contributed by atoms with E-state index in [1.165, 1.54) is 6.07 Å². The van der Waals surface area contributed by atoms with Gasteiger partial charge in [-0.05, 0) is 36.6 Å². The van der Waals surface area contributed by atoms with E-state index in [1.54, 1.807) is 13.0 Å². The quantitative estimate of drug-likeness (QED) is 0.647. The monoisotopic (exact) mass is 181 g/mol. The summed E-state index contributed by atoms with van der Waals surface area (Å²) in [4.78, 5) is 0. The number of rotatable bonds is 2. The van der Waals surface area contributed by atoms with E-state index in [4.69, 9.17) is 5.73 Å². The third-order valence-electron chi connectivity index (χ3n) is 2.23. The first-order valence-electron chi connectivity index (χ1n) is 4.28. The molecule has 1 aromatic carbocycles. The van der Waals surface area contributed by atoms with Gasteiger partial charge in [-0.1, -0.05) is 6.92 Å². The zero-order valence-corrected chi connectivity index (χ0v) is 7.91. The second-order valence-electron chi connectivity index (χ2n) is 3.33. The summed E-state index contributed by atoms with van der Waals surface area (Å²) in [5.41, 5.74) is 7.03. The van der Waals surface area contributed by atoms with Crippen molar-refractivity contribution in [3.63, 3.8) is 0 Å². The summed E-state index contributed by atoms with van der Waals surface area (Å²) in [5, 5.41) is 18.8. The van der Waals surface area contributed by atoms with Gasteiger partial charge in [0.1, 0.15) is 11.5 Å². The zero-order valence-electron chi connectivity index (χ0n) is 7.91. The lowest BCUT2D eigenvalue weighted by atomic mass is 9.98. The van der Waals surface area contributed by atoms with Crippen molar-refractivity contribution in [1.29, 1.82) is 0 Å². The molecule has 0 fully saturated rings.